The summed E-state index contributed by atoms with van der Waals surface area (Å²) in [5, 5.41) is 2.86. The van der Waals surface area contributed by atoms with Crippen molar-refractivity contribution in [2.75, 3.05) is 18.4 Å². The molecule has 0 aliphatic carbocycles. The Labute approximate surface area is 149 Å². The smallest absolute Gasteiger partial charge is 0.255 e. The fourth-order valence-electron chi connectivity index (χ4n) is 2.64. The van der Waals surface area contributed by atoms with Crippen LogP contribution in [0.25, 0.3) is 0 Å². The van der Waals surface area contributed by atoms with Crippen molar-refractivity contribution in [3.05, 3.63) is 65.2 Å². The first kappa shape index (κ1) is 18.7. The molecule has 0 saturated carbocycles. The van der Waals surface area contributed by atoms with Crippen LogP contribution in [0, 0.1) is 6.92 Å². The van der Waals surface area contributed by atoms with Gasteiger partial charge in [0.25, 0.3) is 11.8 Å². The van der Waals surface area contributed by atoms with Crippen molar-refractivity contribution >= 4 is 17.5 Å². The van der Waals surface area contributed by atoms with Gasteiger partial charge in [-0.25, -0.2) is 0 Å². The molecule has 0 aliphatic rings. The molecule has 25 heavy (non-hydrogen) atoms. The van der Waals surface area contributed by atoms with Crippen molar-refractivity contribution < 1.29 is 9.59 Å². The van der Waals surface area contributed by atoms with Gasteiger partial charge in [-0.1, -0.05) is 31.5 Å². The molecule has 2 rings (SSSR count). The first-order valence-corrected chi connectivity index (χ1v) is 8.82. The molecule has 0 heterocycles. The van der Waals surface area contributed by atoms with Gasteiger partial charge in [0.1, 0.15) is 0 Å². The zero-order valence-corrected chi connectivity index (χ0v) is 15.2. The van der Waals surface area contributed by atoms with Crippen LogP contribution >= 0.6 is 0 Å². The van der Waals surface area contributed by atoms with Crippen molar-refractivity contribution in [1.82, 2.24) is 4.90 Å². The molecule has 0 saturated heterocycles. The lowest BCUT2D eigenvalue weighted by atomic mass is 10.1. The maximum absolute atomic E-state index is 12.6. The van der Waals surface area contributed by atoms with E-state index < -0.39 is 0 Å². The molecule has 2 aromatic rings. The van der Waals surface area contributed by atoms with Crippen LogP contribution in [-0.2, 0) is 0 Å². The van der Waals surface area contributed by atoms with Crippen LogP contribution in [0.1, 0.15) is 53.0 Å². The molecule has 132 valence electrons. The van der Waals surface area contributed by atoms with Crippen LogP contribution in [0.3, 0.4) is 0 Å². The van der Waals surface area contributed by atoms with E-state index in [4.69, 9.17) is 0 Å². The molecule has 2 aromatic carbocycles. The van der Waals surface area contributed by atoms with Crippen LogP contribution in [-0.4, -0.2) is 29.8 Å². The number of hydrogen-bond acceptors (Lipinski definition) is 2. The third-order valence-corrected chi connectivity index (χ3v) is 3.98. The highest BCUT2D eigenvalue weighted by Crippen LogP contribution is 2.13. The topological polar surface area (TPSA) is 49.4 Å². The van der Waals surface area contributed by atoms with Gasteiger partial charge in [-0.15, -0.1) is 0 Å². The number of anilines is 1. The molecule has 0 radical (unpaired) electrons. The summed E-state index contributed by atoms with van der Waals surface area (Å²) in [6.07, 6.45) is 1.87. The lowest BCUT2D eigenvalue weighted by Gasteiger charge is -2.21. The van der Waals surface area contributed by atoms with Gasteiger partial charge in [0.2, 0.25) is 0 Å². The van der Waals surface area contributed by atoms with E-state index in [0.29, 0.717) is 11.1 Å². The first-order chi connectivity index (χ1) is 12.0. The first-order valence-electron chi connectivity index (χ1n) is 8.82. The predicted molar refractivity (Wildman–Crippen MR) is 102 cm³/mol. The Bertz CT molecular complexity index is 700. The predicted octanol–water partition coefficient (Wildman–Crippen LogP) is 4.51. The van der Waals surface area contributed by atoms with Crippen molar-refractivity contribution in [3.63, 3.8) is 0 Å². The van der Waals surface area contributed by atoms with Gasteiger partial charge in [0, 0.05) is 29.9 Å². The molecule has 0 bridgehead atoms. The van der Waals surface area contributed by atoms with E-state index in [-0.39, 0.29) is 11.8 Å². The van der Waals surface area contributed by atoms with Crippen molar-refractivity contribution in [3.8, 4) is 0 Å². The molecule has 4 nitrogen and oxygen atoms in total. The molecule has 0 aromatic heterocycles. The largest absolute Gasteiger partial charge is 0.339 e. The number of aryl methyl sites for hydroxylation is 1. The molecule has 0 fully saturated rings. The zero-order chi connectivity index (χ0) is 18.2. The second-order valence-corrected chi connectivity index (χ2v) is 6.19. The summed E-state index contributed by atoms with van der Waals surface area (Å²) in [5.74, 6) is -0.156. The van der Waals surface area contributed by atoms with Crippen LogP contribution < -0.4 is 5.32 Å². The minimum Gasteiger partial charge on any atom is -0.339 e. The third-order valence-electron chi connectivity index (χ3n) is 3.98. The molecular weight excluding hydrogens is 312 g/mol. The summed E-state index contributed by atoms with van der Waals surface area (Å²) >= 11 is 0. The average Bonchev–Trinajstić information content (AvgIpc) is 2.63. The minimum absolute atomic E-state index is 0.0224. The van der Waals surface area contributed by atoms with Gasteiger partial charge in [-0.2, -0.15) is 0 Å². The number of nitrogens with zero attached hydrogens (tertiary/aromatic N) is 1. The van der Waals surface area contributed by atoms with E-state index in [2.05, 4.69) is 19.2 Å². The van der Waals surface area contributed by atoms with E-state index in [0.717, 1.165) is 37.2 Å². The molecule has 0 aliphatic heterocycles. The van der Waals surface area contributed by atoms with Crippen LogP contribution in [0.5, 0.6) is 0 Å². The number of benzene rings is 2. The summed E-state index contributed by atoms with van der Waals surface area (Å²) in [4.78, 5) is 26.7. The van der Waals surface area contributed by atoms with Gasteiger partial charge >= 0.3 is 0 Å². The van der Waals surface area contributed by atoms with E-state index in [1.54, 1.807) is 24.3 Å². The fourth-order valence-corrected chi connectivity index (χ4v) is 2.64. The summed E-state index contributed by atoms with van der Waals surface area (Å²) in [6, 6.07) is 14.5. The number of amides is 2. The molecule has 0 unspecified atom stereocenters. The SMILES string of the molecule is CCCN(CCC)C(=O)c1ccc(C(=O)Nc2ccc(C)cc2)cc1. The summed E-state index contributed by atoms with van der Waals surface area (Å²) in [6.45, 7) is 7.63. The van der Waals surface area contributed by atoms with Crippen LogP contribution in [0.15, 0.2) is 48.5 Å². The molecule has 4 heteroatoms. The number of hydrogen-bond donors (Lipinski definition) is 1. The zero-order valence-electron chi connectivity index (χ0n) is 15.2. The van der Waals surface area contributed by atoms with Crippen LogP contribution in [0.2, 0.25) is 0 Å². The highest BCUT2D eigenvalue weighted by atomic mass is 16.2. The minimum atomic E-state index is -0.179. The Hall–Kier alpha value is -2.62. The van der Waals surface area contributed by atoms with Crippen molar-refractivity contribution in [2.24, 2.45) is 0 Å². The van der Waals surface area contributed by atoms with Gasteiger partial charge in [0.05, 0.1) is 0 Å². The molecular formula is C21H26N2O2. The van der Waals surface area contributed by atoms with Gasteiger partial charge in [-0.05, 0) is 56.2 Å². The van der Waals surface area contributed by atoms with Gasteiger partial charge < -0.3 is 10.2 Å². The Balaban J connectivity index is 2.06. The fraction of sp³-hybridized carbons (Fsp3) is 0.333. The average molecular weight is 338 g/mol. The highest BCUT2D eigenvalue weighted by Gasteiger charge is 2.15. The van der Waals surface area contributed by atoms with Crippen molar-refractivity contribution in [2.45, 2.75) is 33.6 Å². The lowest BCUT2D eigenvalue weighted by Crippen LogP contribution is -2.32. The summed E-state index contributed by atoms with van der Waals surface area (Å²) in [5.41, 5.74) is 3.06. The van der Waals surface area contributed by atoms with Gasteiger partial charge in [-0.3, -0.25) is 9.59 Å². The lowest BCUT2D eigenvalue weighted by molar-refractivity contribution is 0.0755. The van der Waals surface area contributed by atoms with Crippen molar-refractivity contribution in [1.29, 1.82) is 0 Å². The number of rotatable bonds is 7. The van der Waals surface area contributed by atoms with E-state index >= 15 is 0 Å². The second kappa shape index (κ2) is 9.02. The van der Waals surface area contributed by atoms with Crippen LogP contribution in [0.4, 0.5) is 5.69 Å². The molecule has 0 atom stereocenters. The number of carbonyl (C=O) groups excluding carboxylic acids is 2. The maximum atomic E-state index is 12.6. The molecule has 2 amide bonds. The van der Waals surface area contributed by atoms with Gasteiger partial charge in [0.15, 0.2) is 0 Å². The second-order valence-electron chi connectivity index (χ2n) is 6.19. The molecule has 0 spiro atoms. The van der Waals surface area contributed by atoms with E-state index in [9.17, 15) is 9.59 Å². The highest BCUT2D eigenvalue weighted by molar-refractivity contribution is 6.05. The molecule has 1 N–H and O–H groups in total. The quantitative estimate of drug-likeness (QED) is 0.807. The Morgan fingerprint density at radius 2 is 1.36 bits per heavy atom. The Kier molecular flexibility index (Phi) is 6.75. The van der Waals surface area contributed by atoms with E-state index in [1.807, 2.05) is 36.1 Å². The third kappa shape index (κ3) is 5.18. The normalized spacial score (nSPS) is 10.4. The van der Waals surface area contributed by atoms with E-state index in [1.165, 1.54) is 0 Å². The summed E-state index contributed by atoms with van der Waals surface area (Å²) < 4.78 is 0. The monoisotopic (exact) mass is 338 g/mol. The summed E-state index contributed by atoms with van der Waals surface area (Å²) in [7, 11) is 0. The number of carbonyl (C=O) groups is 2. The Morgan fingerprint density at radius 3 is 1.88 bits per heavy atom. The number of nitrogens with one attached hydrogen (secondary N) is 1. The standard InChI is InChI=1S/C21H26N2O2/c1-4-14-23(15-5-2)21(25)18-10-8-17(9-11-18)20(24)22-19-12-6-16(3)7-13-19/h6-13H,4-5,14-15H2,1-3H3,(H,22,24). The Morgan fingerprint density at radius 1 is 0.840 bits per heavy atom. The maximum Gasteiger partial charge on any atom is 0.255 e.